The Morgan fingerprint density at radius 3 is 1.79 bits per heavy atom. The van der Waals surface area contributed by atoms with Crippen molar-refractivity contribution in [2.24, 2.45) is 11.8 Å². The fourth-order valence-corrected chi connectivity index (χ4v) is 5.94. The van der Waals surface area contributed by atoms with Gasteiger partial charge >= 0.3 is 0 Å². The molecule has 1 aliphatic heterocycles. The third-order valence-electron chi connectivity index (χ3n) is 7.18. The number of nitro benzene ring substituents is 1. The molecule has 0 unspecified atom stereocenters. The van der Waals surface area contributed by atoms with Crippen LogP contribution in [0.25, 0.3) is 0 Å². The van der Waals surface area contributed by atoms with Gasteiger partial charge < -0.3 is 5.32 Å². The van der Waals surface area contributed by atoms with Gasteiger partial charge in [-0.1, -0.05) is 54.6 Å². The van der Waals surface area contributed by atoms with E-state index < -0.39 is 29.2 Å². The second kappa shape index (κ2) is 7.34. The zero-order chi connectivity index (χ0) is 23.6. The van der Waals surface area contributed by atoms with E-state index in [1.54, 1.807) is 0 Å². The van der Waals surface area contributed by atoms with Crippen LogP contribution in [-0.4, -0.2) is 34.1 Å². The highest BCUT2D eigenvalue weighted by molar-refractivity contribution is 6.10. The van der Waals surface area contributed by atoms with E-state index in [-0.39, 0.29) is 35.0 Å². The number of anilines is 1. The first kappa shape index (κ1) is 20.3. The van der Waals surface area contributed by atoms with Crippen LogP contribution >= 0.6 is 0 Å². The number of non-ortho nitro benzene ring substituents is 1. The van der Waals surface area contributed by atoms with Gasteiger partial charge in [-0.3, -0.25) is 29.4 Å². The van der Waals surface area contributed by atoms with Gasteiger partial charge in [0.1, 0.15) is 6.54 Å². The first-order valence-corrected chi connectivity index (χ1v) is 11.0. The van der Waals surface area contributed by atoms with Gasteiger partial charge in [0.15, 0.2) is 0 Å². The van der Waals surface area contributed by atoms with Gasteiger partial charge in [-0.2, -0.15) is 0 Å². The summed E-state index contributed by atoms with van der Waals surface area (Å²) in [6, 6.07) is 21.4. The summed E-state index contributed by atoms with van der Waals surface area (Å²) in [5.74, 6) is -2.83. The van der Waals surface area contributed by atoms with E-state index in [0.29, 0.717) is 0 Å². The molecule has 0 spiro atoms. The zero-order valence-corrected chi connectivity index (χ0v) is 17.9. The average molecular weight is 453 g/mol. The molecule has 3 aromatic rings. The van der Waals surface area contributed by atoms with E-state index in [9.17, 15) is 24.5 Å². The fraction of sp³-hybridized carbons (Fsp3) is 0.192. The standard InChI is InChI=1S/C26H19N3O5/c30-20(27-14-6-5-7-15(12-14)29(33)34)13-28-25(31)23-21-16-8-1-2-9-17(16)22(24(23)26(28)32)19-11-4-3-10-18(19)21/h1-12,21-24H,13H2,(H,27,30)/t21?,22?,23-,24-/m0/s1. The van der Waals surface area contributed by atoms with Crippen molar-refractivity contribution in [2.75, 3.05) is 11.9 Å². The lowest BCUT2D eigenvalue weighted by Gasteiger charge is -2.45. The van der Waals surface area contributed by atoms with E-state index in [1.165, 1.54) is 24.3 Å². The summed E-state index contributed by atoms with van der Waals surface area (Å²) < 4.78 is 0. The summed E-state index contributed by atoms with van der Waals surface area (Å²) in [7, 11) is 0. The molecule has 0 saturated carbocycles. The topological polar surface area (TPSA) is 110 Å². The molecule has 4 aliphatic rings. The number of hydrogen-bond acceptors (Lipinski definition) is 5. The van der Waals surface area contributed by atoms with Crippen LogP contribution in [-0.2, 0) is 14.4 Å². The Bertz CT molecular complexity index is 1280. The first-order valence-electron chi connectivity index (χ1n) is 11.0. The predicted octanol–water partition coefficient (Wildman–Crippen LogP) is 3.43. The minimum absolute atomic E-state index is 0.163. The molecule has 3 amide bonds. The maximum atomic E-state index is 13.5. The predicted molar refractivity (Wildman–Crippen MR) is 122 cm³/mol. The lowest BCUT2D eigenvalue weighted by atomic mass is 9.55. The number of imide groups is 1. The maximum absolute atomic E-state index is 13.5. The minimum Gasteiger partial charge on any atom is -0.324 e. The van der Waals surface area contributed by atoms with Crippen molar-refractivity contribution in [1.82, 2.24) is 4.90 Å². The molecule has 8 heteroatoms. The van der Waals surface area contributed by atoms with E-state index >= 15 is 0 Å². The Morgan fingerprint density at radius 1 is 0.824 bits per heavy atom. The molecule has 1 heterocycles. The molecule has 2 atom stereocenters. The van der Waals surface area contributed by atoms with Crippen molar-refractivity contribution in [3.05, 3.63) is 105 Å². The molecule has 1 N–H and O–H groups in total. The van der Waals surface area contributed by atoms with Gasteiger partial charge in [-0.25, -0.2) is 0 Å². The number of benzene rings is 3. The molecule has 1 saturated heterocycles. The Hall–Kier alpha value is -4.33. The van der Waals surface area contributed by atoms with Crippen molar-refractivity contribution in [2.45, 2.75) is 11.8 Å². The van der Waals surface area contributed by atoms with Crippen molar-refractivity contribution in [3.8, 4) is 0 Å². The Morgan fingerprint density at radius 2 is 1.32 bits per heavy atom. The van der Waals surface area contributed by atoms with Crippen LogP contribution in [0.1, 0.15) is 34.1 Å². The van der Waals surface area contributed by atoms with Gasteiger partial charge in [0.25, 0.3) is 5.69 Å². The van der Waals surface area contributed by atoms with Crippen LogP contribution in [0, 0.1) is 22.0 Å². The molecule has 8 nitrogen and oxygen atoms in total. The summed E-state index contributed by atoms with van der Waals surface area (Å²) in [5.41, 5.74) is 4.33. The fourth-order valence-electron chi connectivity index (χ4n) is 5.94. The number of likely N-dealkylation sites (tertiary alicyclic amines) is 1. The molecule has 3 aromatic carbocycles. The lowest BCUT2D eigenvalue weighted by Crippen LogP contribution is -2.41. The van der Waals surface area contributed by atoms with Crippen molar-refractivity contribution < 1.29 is 19.3 Å². The van der Waals surface area contributed by atoms with Crippen LogP contribution < -0.4 is 5.32 Å². The number of rotatable bonds is 4. The summed E-state index contributed by atoms with van der Waals surface area (Å²) >= 11 is 0. The number of hydrogen-bond donors (Lipinski definition) is 1. The highest BCUT2D eigenvalue weighted by Gasteiger charge is 2.61. The molecular weight excluding hydrogens is 434 g/mol. The quantitative estimate of drug-likeness (QED) is 0.370. The molecule has 0 radical (unpaired) electrons. The first-order chi connectivity index (χ1) is 16.5. The molecule has 1 fully saturated rings. The van der Waals surface area contributed by atoms with E-state index in [1.807, 2.05) is 48.5 Å². The second-order valence-corrected chi connectivity index (χ2v) is 8.88. The summed E-state index contributed by atoms with van der Waals surface area (Å²) in [6.07, 6.45) is 0. The van der Waals surface area contributed by atoms with Crippen molar-refractivity contribution in [1.29, 1.82) is 0 Å². The second-order valence-electron chi connectivity index (χ2n) is 8.88. The van der Waals surface area contributed by atoms with Crippen molar-refractivity contribution in [3.63, 3.8) is 0 Å². The van der Waals surface area contributed by atoms with Crippen molar-refractivity contribution >= 4 is 29.1 Å². The number of nitrogens with one attached hydrogen (secondary N) is 1. The number of nitro groups is 1. The molecule has 7 rings (SSSR count). The normalized spacial score (nSPS) is 23.8. The lowest BCUT2D eigenvalue weighted by molar-refractivity contribution is -0.384. The molecule has 2 bridgehead atoms. The average Bonchev–Trinajstić information content (AvgIpc) is 3.09. The minimum atomic E-state index is -0.580. The summed E-state index contributed by atoms with van der Waals surface area (Å²) in [5, 5.41) is 13.6. The SMILES string of the molecule is O=C(CN1C(=O)[C@H]2C3c4ccccc4C(c4ccccc43)[C@@H]2C1=O)Nc1cccc([N+](=O)[O-])c1. The van der Waals surface area contributed by atoms with Crippen LogP contribution in [0.3, 0.4) is 0 Å². The van der Waals surface area contributed by atoms with E-state index in [0.717, 1.165) is 27.2 Å². The van der Waals surface area contributed by atoms with Crippen LogP contribution in [0.15, 0.2) is 72.8 Å². The molecule has 3 aliphatic carbocycles. The van der Waals surface area contributed by atoms with Gasteiger partial charge in [0.05, 0.1) is 16.8 Å². The van der Waals surface area contributed by atoms with E-state index in [2.05, 4.69) is 5.32 Å². The summed E-state index contributed by atoms with van der Waals surface area (Å²) in [4.78, 5) is 51.3. The summed E-state index contributed by atoms with van der Waals surface area (Å²) in [6.45, 7) is -0.431. The highest BCUT2D eigenvalue weighted by Crippen LogP contribution is 2.60. The zero-order valence-electron chi connectivity index (χ0n) is 17.9. The van der Waals surface area contributed by atoms with E-state index in [4.69, 9.17) is 0 Å². The number of carbonyl (C=O) groups excluding carboxylic acids is 3. The maximum Gasteiger partial charge on any atom is 0.271 e. The van der Waals surface area contributed by atoms with Gasteiger partial charge in [-0.05, 0) is 28.3 Å². The Kier molecular flexibility index (Phi) is 4.38. The molecule has 168 valence electrons. The van der Waals surface area contributed by atoms with Crippen LogP contribution in [0.2, 0.25) is 0 Å². The third-order valence-corrected chi connectivity index (χ3v) is 7.18. The molecular formula is C26H19N3O5. The monoisotopic (exact) mass is 453 g/mol. The Balaban J connectivity index is 1.31. The van der Waals surface area contributed by atoms with Crippen LogP contribution in [0.5, 0.6) is 0 Å². The van der Waals surface area contributed by atoms with Gasteiger partial charge in [-0.15, -0.1) is 0 Å². The van der Waals surface area contributed by atoms with Gasteiger partial charge in [0, 0.05) is 29.7 Å². The Labute approximate surface area is 194 Å². The van der Waals surface area contributed by atoms with Gasteiger partial charge in [0.2, 0.25) is 17.7 Å². The number of carbonyl (C=O) groups is 3. The van der Waals surface area contributed by atoms with Crippen LogP contribution in [0.4, 0.5) is 11.4 Å². The highest BCUT2D eigenvalue weighted by atomic mass is 16.6. The third kappa shape index (κ3) is 2.81. The molecule has 0 aromatic heterocycles. The number of nitrogens with zero attached hydrogens (tertiary/aromatic N) is 2. The number of amides is 3. The largest absolute Gasteiger partial charge is 0.324 e. The smallest absolute Gasteiger partial charge is 0.271 e. The molecule has 34 heavy (non-hydrogen) atoms.